The lowest BCUT2D eigenvalue weighted by Gasteiger charge is -2.44. The molecule has 0 aliphatic carbocycles. The van der Waals surface area contributed by atoms with Crippen LogP contribution in [0.5, 0.6) is 0 Å². The second-order valence-electron chi connectivity index (χ2n) is 6.04. The van der Waals surface area contributed by atoms with Gasteiger partial charge in [-0.2, -0.15) is 12.6 Å². The molecule has 2 rings (SSSR count). The topological polar surface area (TPSA) is 216 Å². The lowest BCUT2D eigenvalue weighted by Crippen LogP contribution is -2.63. The maximum Gasteiger partial charge on any atom is 0.189 e. The van der Waals surface area contributed by atoms with Gasteiger partial charge in [0.15, 0.2) is 12.6 Å². The molecular formula is C14H29NO11S. The number of thiol groups is 1. The minimum Gasteiger partial charge on any atom is -0.394 e. The SMILES string of the molecule is NCCS.OC[C@H]1O[C@H](O[C@H]2O[C@H](CO)[C@@H](O)[C@H](O)[C@H]2O)[C@H](O)[C@@H](O)[C@@H]1O. The van der Waals surface area contributed by atoms with Crippen LogP contribution in [-0.2, 0) is 14.2 Å². The van der Waals surface area contributed by atoms with Crippen molar-refractivity contribution in [2.24, 2.45) is 5.73 Å². The van der Waals surface area contributed by atoms with E-state index in [2.05, 4.69) is 12.6 Å². The molecule has 2 aliphatic rings. The Hall–Kier alpha value is -0.130. The van der Waals surface area contributed by atoms with Gasteiger partial charge in [-0.1, -0.05) is 0 Å². The van der Waals surface area contributed by atoms with Crippen molar-refractivity contribution in [1.82, 2.24) is 0 Å². The Kier molecular flexibility index (Phi) is 10.9. The van der Waals surface area contributed by atoms with E-state index in [1.165, 1.54) is 0 Å². The van der Waals surface area contributed by atoms with Gasteiger partial charge in [-0.15, -0.1) is 0 Å². The zero-order chi connectivity index (χ0) is 20.7. The van der Waals surface area contributed by atoms with Crippen LogP contribution in [0.4, 0.5) is 0 Å². The van der Waals surface area contributed by atoms with Crippen LogP contribution in [0.15, 0.2) is 0 Å². The molecule has 0 spiro atoms. The van der Waals surface area contributed by atoms with Crippen molar-refractivity contribution in [3.63, 3.8) is 0 Å². The van der Waals surface area contributed by atoms with Gasteiger partial charge < -0.3 is 60.8 Å². The van der Waals surface area contributed by atoms with Crippen LogP contribution in [0.2, 0.25) is 0 Å². The standard InChI is InChI=1S/C12H22O11.C2H7NS/c13-1-3-5(15)7(17)9(19)11(21-3)23-12-10(20)8(18)6(16)4(2-14)22-12;3-1-2-4/h3-20H,1-2H2;4H,1-3H2/t3-,4-,5-,6-,7+,8+,9-,10-,11-,12-;/m1./s1. The van der Waals surface area contributed by atoms with Crippen molar-refractivity contribution >= 4 is 12.6 Å². The van der Waals surface area contributed by atoms with Crippen LogP contribution < -0.4 is 5.73 Å². The maximum absolute atomic E-state index is 9.84. The summed E-state index contributed by atoms with van der Waals surface area (Å²) in [4.78, 5) is 0. The molecule has 0 bridgehead atoms. The first-order chi connectivity index (χ1) is 12.7. The molecule has 12 nitrogen and oxygen atoms in total. The maximum atomic E-state index is 9.84. The number of hydrogen-bond acceptors (Lipinski definition) is 13. The number of rotatable bonds is 5. The average Bonchev–Trinajstić information content (AvgIpc) is 2.68. The highest BCUT2D eigenvalue weighted by Gasteiger charge is 2.49. The Morgan fingerprint density at radius 2 is 1.04 bits per heavy atom. The van der Waals surface area contributed by atoms with E-state index in [-0.39, 0.29) is 0 Å². The summed E-state index contributed by atoms with van der Waals surface area (Å²) in [6, 6.07) is 0. The number of nitrogens with two attached hydrogens (primary N) is 1. The molecule has 0 amide bonds. The van der Waals surface area contributed by atoms with Gasteiger partial charge in [0, 0.05) is 12.3 Å². The first kappa shape index (κ1) is 24.9. The molecule has 27 heavy (non-hydrogen) atoms. The molecular weight excluding hydrogens is 390 g/mol. The van der Waals surface area contributed by atoms with Crippen LogP contribution in [0.3, 0.4) is 0 Å². The minimum absolute atomic E-state index is 0.667. The summed E-state index contributed by atoms with van der Waals surface area (Å²) in [5, 5.41) is 76.4. The lowest BCUT2D eigenvalue weighted by atomic mass is 9.98. The summed E-state index contributed by atoms with van der Waals surface area (Å²) in [7, 11) is 0. The predicted molar refractivity (Wildman–Crippen MR) is 91.5 cm³/mol. The Morgan fingerprint density at radius 3 is 1.30 bits per heavy atom. The lowest BCUT2D eigenvalue weighted by molar-refractivity contribution is -0.376. The number of hydrogen-bond donors (Lipinski definition) is 10. The summed E-state index contributed by atoms with van der Waals surface area (Å²) in [5.74, 6) is 0.792. The summed E-state index contributed by atoms with van der Waals surface area (Å²) in [6.07, 6.45) is -15.6. The summed E-state index contributed by atoms with van der Waals surface area (Å²) >= 11 is 3.80. The fourth-order valence-electron chi connectivity index (χ4n) is 2.49. The smallest absolute Gasteiger partial charge is 0.189 e. The highest BCUT2D eigenvalue weighted by Crippen LogP contribution is 2.27. The Labute approximate surface area is 161 Å². The first-order valence-electron chi connectivity index (χ1n) is 8.30. The fraction of sp³-hybridized carbons (Fsp3) is 1.00. The Bertz CT molecular complexity index is 383. The molecule has 2 heterocycles. The summed E-state index contributed by atoms with van der Waals surface area (Å²) in [6.45, 7) is -0.651. The fourth-order valence-corrected chi connectivity index (χ4v) is 2.49. The van der Waals surface area contributed by atoms with Gasteiger partial charge >= 0.3 is 0 Å². The molecule has 0 saturated carbocycles. The van der Waals surface area contributed by atoms with Crippen LogP contribution in [0.25, 0.3) is 0 Å². The molecule has 13 heteroatoms. The van der Waals surface area contributed by atoms with E-state index in [0.29, 0.717) is 6.54 Å². The van der Waals surface area contributed by atoms with E-state index < -0.39 is 74.6 Å². The van der Waals surface area contributed by atoms with Gasteiger partial charge in [0.2, 0.25) is 0 Å². The average molecular weight is 419 g/mol. The quantitative estimate of drug-likeness (QED) is 0.189. The molecule has 0 unspecified atom stereocenters. The van der Waals surface area contributed by atoms with Crippen molar-refractivity contribution in [2.45, 2.75) is 61.4 Å². The third-order valence-corrected chi connectivity index (χ3v) is 4.35. The van der Waals surface area contributed by atoms with E-state index in [4.69, 9.17) is 30.2 Å². The van der Waals surface area contributed by atoms with E-state index in [0.717, 1.165) is 5.75 Å². The second-order valence-corrected chi connectivity index (χ2v) is 6.49. The van der Waals surface area contributed by atoms with Gasteiger partial charge in [0.05, 0.1) is 13.2 Å². The molecule has 0 aromatic rings. The van der Waals surface area contributed by atoms with E-state index in [1.54, 1.807) is 0 Å². The summed E-state index contributed by atoms with van der Waals surface area (Å²) < 4.78 is 15.3. The number of aliphatic hydroxyl groups excluding tert-OH is 8. The van der Waals surface area contributed by atoms with Crippen LogP contribution in [-0.4, -0.2) is 128 Å². The minimum atomic E-state index is -1.72. The predicted octanol–water partition coefficient (Wildman–Crippen LogP) is -5.52. The van der Waals surface area contributed by atoms with Crippen LogP contribution in [0.1, 0.15) is 0 Å². The molecule has 10 atom stereocenters. The highest BCUT2D eigenvalue weighted by atomic mass is 32.1. The van der Waals surface area contributed by atoms with E-state index >= 15 is 0 Å². The molecule has 2 aliphatic heterocycles. The van der Waals surface area contributed by atoms with Crippen molar-refractivity contribution in [3.05, 3.63) is 0 Å². The second kappa shape index (κ2) is 11.8. The van der Waals surface area contributed by atoms with E-state index in [1.807, 2.05) is 0 Å². The third-order valence-electron chi connectivity index (χ3n) is 4.09. The largest absolute Gasteiger partial charge is 0.394 e. The monoisotopic (exact) mass is 419 g/mol. The van der Waals surface area contributed by atoms with Crippen molar-refractivity contribution < 1.29 is 55.1 Å². The van der Waals surface area contributed by atoms with Gasteiger partial charge in [-0.3, -0.25) is 0 Å². The molecule has 0 radical (unpaired) electrons. The molecule has 162 valence electrons. The zero-order valence-corrected chi connectivity index (χ0v) is 15.3. The Balaban J connectivity index is 0.000000828. The molecule has 10 N–H and O–H groups in total. The van der Waals surface area contributed by atoms with E-state index in [9.17, 15) is 30.6 Å². The molecule has 0 aromatic heterocycles. The van der Waals surface area contributed by atoms with Crippen LogP contribution in [0, 0.1) is 0 Å². The van der Waals surface area contributed by atoms with Crippen LogP contribution >= 0.6 is 12.6 Å². The first-order valence-corrected chi connectivity index (χ1v) is 8.94. The highest BCUT2D eigenvalue weighted by molar-refractivity contribution is 7.80. The number of aliphatic hydroxyl groups is 8. The van der Waals surface area contributed by atoms with Gasteiger partial charge in [0.25, 0.3) is 0 Å². The van der Waals surface area contributed by atoms with Gasteiger partial charge in [0.1, 0.15) is 48.8 Å². The number of ether oxygens (including phenoxy) is 3. The Morgan fingerprint density at radius 1 is 0.704 bits per heavy atom. The normalized spacial score (nSPS) is 45.1. The zero-order valence-electron chi connectivity index (χ0n) is 14.4. The molecule has 0 aromatic carbocycles. The molecule has 2 fully saturated rings. The van der Waals surface area contributed by atoms with Crippen molar-refractivity contribution in [1.29, 1.82) is 0 Å². The third kappa shape index (κ3) is 6.17. The van der Waals surface area contributed by atoms with Gasteiger partial charge in [-0.25, -0.2) is 0 Å². The van der Waals surface area contributed by atoms with Gasteiger partial charge in [-0.05, 0) is 0 Å². The van der Waals surface area contributed by atoms with Crippen molar-refractivity contribution in [2.75, 3.05) is 25.5 Å². The molecule has 2 saturated heterocycles. The van der Waals surface area contributed by atoms with Crippen molar-refractivity contribution in [3.8, 4) is 0 Å². The summed E-state index contributed by atoms with van der Waals surface area (Å²) in [5.41, 5.74) is 4.95.